The Morgan fingerprint density at radius 1 is 1.43 bits per heavy atom. The average molecular weight is 307 g/mol. The zero-order valence-electron chi connectivity index (χ0n) is 11.3. The highest BCUT2D eigenvalue weighted by atomic mass is 32.1. The van der Waals surface area contributed by atoms with Gasteiger partial charge in [0.05, 0.1) is 16.1 Å². The largest absolute Gasteiger partial charge is 0.375 e. The summed E-state index contributed by atoms with van der Waals surface area (Å²) in [6.07, 6.45) is 1.45. The lowest BCUT2D eigenvalue weighted by Gasteiger charge is -2.20. The number of fused-ring (bicyclic) bond motifs is 1. The van der Waals surface area contributed by atoms with Crippen LogP contribution in [0.3, 0.4) is 0 Å². The van der Waals surface area contributed by atoms with Crippen LogP contribution in [0, 0.1) is 17.0 Å². The minimum Gasteiger partial charge on any atom is -0.350 e. The van der Waals surface area contributed by atoms with Crippen molar-refractivity contribution in [3.63, 3.8) is 0 Å². The van der Waals surface area contributed by atoms with Gasteiger partial charge in [0, 0.05) is 30.8 Å². The molecule has 3 rings (SSSR count). The second-order valence-electron chi connectivity index (χ2n) is 4.79. The van der Waals surface area contributed by atoms with Crippen molar-refractivity contribution in [3.05, 3.63) is 42.4 Å². The van der Waals surface area contributed by atoms with Gasteiger partial charge in [-0.3, -0.25) is 14.9 Å². The molecule has 0 saturated carbocycles. The second kappa shape index (κ2) is 5.24. The molecule has 0 unspecified atom stereocenters. The van der Waals surface area contributed by atoms with Crippen molar-refractivity contribution in [2.45, 2.75) is 19.8 Å². The van der Waals surface area contributed by atoms with Crippen molar-refractivity contribution in [1.29, 1.82) is 0 Å². The number of aryl methyl sites for hydroxylation is 1. The molecule has 0 radical (unpaired) electrons. The van der Waals surface area contributed by atoms with Crippen molar-refractivity contribution in [2.75, 3.05) is 18.0 Å². The van der Waals surface area contributed by atoms with Gasteiger partial charge in [0.25, 0.3) is 0 Å². The zero-order valence-corrected chi connectivity index (χ0v) is 12.1. The van der Waals surface area contributed by atoms with Crippen molar-refractivity contribution >= 4 is 22.8 Å². The molecule has 2 aromatic rings. The van der Waals surface area contributed by atoms with E-state index in [1.165, 1.54) is 4.88 Å². The van der Waals surface area contributed by atoms with E-state index in [0.717, 1.165) is 12.1 Å². The van der Waals surface area contributed by atoms with Crippen LogP contribution >= 0.6 is 11.3 Å². The first-order chi connectivity index (χ1) is 10.1. The van der Waals surface area contributed by atoms with Crippen LogP contribution in [0.1, 0.15) is 16.4 Å². The molecule has 0 spiro atoms. The third-order valence-corrected chi connectivity index (χ3v) is 4.36. The number of H-pyrrole nitrogens is 1. The SMILES string of the molecule is Cc1nc(N2CCc3ncsc3CC2)c([N+](=O)[O-])c(=O)[nH]1. The number of hydrogen-bond donors (Lipinski definition) is 1. The molecule has 9 heteroatoms. The highest BCUT2D eigenvalue weighted by molar-refractivity contribution is 7.09. The number of hydrogen-bond acceptors (Lipinski definition) is 7. The number of rotatable bonds is 2. The smallest absolute Gasteiger partial charge is 0.350 e. The van der Waals surface area contributed by atoms with Gasteiger partial charge in [0.15, 0.2) is 0 Å². The summed E-state index contributed by atoms with van der Waals surface area (Å²) in [6.45, 7) is 2.77. The predicted octanol–water partition coefficient (Wildman–Crippen LogP) is 1.05. The maximum Gasteiger partial charge on any atom is 0.375 e. The van der Waals surface area contributed by atoms with E-state index < -0.39 is 16.2 Å². The number of nitrogens with one attached hydrogen (secondary N) is 1. The van der Waals surface area contributed by atoms with Gasteiger partial charge in [-0.15, -0.1) is 11.3 Å². The van der Waals surface area contributed by atoms with Crippen LogP contribution in [0.4, 0.5) is 11.5 Å². The molecular weight excluding hydrogens is 294 g/mol. The monoisotopic (exact) mass is 307 g/mol. The molecule has 8 nitrogen and oxygen atoms in total. The number of aromatic amines is 1. The van der Waals surface area contributed by atoms with Crippen LogP contribution in [0.5, 0.6) is 0 Å². The normalized spacial score (nSPS) is 14.6. The van der Waals surface area contributed by atoms with Crippen molar-refractivity contribution in [2.24, 2.45) is 0 Å². The lowest BCUT2D eigenvalue weighted by atomic mass is 10.2. The number of nitro groups is 1. The van der Waals surface area contributed by atoms with Gasteiger partial charge in [-0.2, -0.15) is 0 Å². The molecule has 1 aliphatic heterocycles. The Bertz CT molecular complexity index is 731. The number of thiazole rings is 1. The quantitative estimate of drug-likeness (QED) is 0.656. The van der Waals surface area contributed by atoms with Gasteiger partial charge in [-0.25, -0.2) is 9.97 Å². The first-order valence-corrected chi connectivity index (χ1v) is 7.35. The van der Waals surface area contributed by atoms with Gasteiger partial charge in [-0.05, 0) is 6.92 Å². The van der Waals surface area contributed by atoms with E-state index in [2.05, 4.69) is 15.0 Å². The Morgan fingerprint density at radius 3 is 2.95 bits per heavy atom. The lowest BCUT2D eigenvalue weighted by molar-refractivity contribution is -0.385. The standard InChI is InChI=1S/C12H13N5O3S/c1-7-14-11(10(17(19)20)12(18)15-7)16-4-2-8-9(3-5-16)21-6-13-8/h6H,2-5H2,1H3,(H,14,15,18). The fourth-order valence-electron chi connectivity index (χ4n) is 2.45. The van der Waals surface area contributed by atoms with Crippen LogP contribution in [-0.2, 0) is 12.8 Å². The Labute approximate surface area is 123 Å². The van der Waals surface area contributed by atoms with E-state index >= 15 is 0 Å². The molecule has 0 atom stereocenters. The number of aromatic nitrogens is 3. The van der Waals surface area contributed by atoms with E-state index in [4.69, 9.17) is 0 Å². The lowest BCUT2D eigenvalue weighted by Crippen LogP contribution is -2.30. The zero-order chi connectivity index (χ0) is 15.0. The summed E-state index contributed by atoms with van der Waals surface area (Å²) in [7, 11) is 0. The molecule has 1 aliphatic rings. The average Bonchev–Trinajstić information content (AvgIpc) is 2.76. The maximum absolute atomic E-state index is 11.8. The molecule has 0 bridgehead atoms. The molecule has 0 aliphatic carbocycles. The topological polar surface area (TPSA) is 105 Å². The van der Waals surface area contributed by atoms with Gasteiger partial charge >= 0.3 is 11.2 Å². The summed E-state index contributed by atoms with van der Waals surface area (Å²) in [5.74, 6) is 0.522. The molecule has 110 valence electrons. The number of anilines is 1. The highest BCUT2D eigenvalue weighted by Crippen LogP contribution is 2.26. The molecule has 1 N–H and O–H groups in total. The first-order valence-electron chi connectivity index (χ1n) is 6.47. The molecule has 0 aromatic carbocycles. The van der Waals surface area contributed by atoms with E-state index in [9.17, 15) is 14.9 Å². The summed E-state index contributed by atoms with van der Waals surface area (Å²) >= 11 is 1.59. The third kappa shape index (κ3) is 2.51. The molecule has 0 saturated heterocycles. The highest BCUT2D eigenvalue weighted by Gasteiger charge is 2.28. The van der Waals surface area contributed by atoms with Crippen molar-refractivity contribution in [3.8, 4) is 0 Å². The van der Waals surface area contributed by atoms with Crippen LogP contribution in [0.2, 0.25) is 0 Å². The molecule has 2 aromatic heterocycles. The van der Waals surface area contributed by atoms with E-state index in [1.54, 1.807) is 23.2 Å². The van der Waals surface area contributed by atoms with Crippen LogP contribution in [0.15, 0.2) is 10.3 Å². The fourth-order valence-corrected chi connectivity index (χ4v) is 3.26. The van der Waals surface area contributed by atoms with Crippen LogP contribution < -0.4 is 10.5 Å². The molecule has 3 heterocycles. The minimum absolute atomic E-state index is 0.149. The maximum atomic E-state index is 11.8. The number of nitrogens with zero attached hydrogens (tertiary/aromatic N) is 4. The van der Waals surface area contributed by atoms with Gasteiger partial charge < -0.3 is 9.88 Å². The minimum atomic E-state index is -0.709. The Morgan fingerprint density at radius 2 is 2.19 bits per heavy atom. The van der Waals surface area contributed by atoms with Crippen molar-refractivity contribution < 1.29 is 4.92 Å². The van der Waals surface area contributed by atoms with Gasteiger partial charge in [0.2, 0.25) is 5.82 Å². The third-order valence-electron chi connectivity index (χ3n) is 3.43. The molecular formula is C12H13N5O3S. The second-order valence-corrected chi connectivity index (χ2v) is 5.73. The van der Waals surface area contributed by atoms with Crippen LogP contribution in [0.25, 0.3) is 0 Å². The van der Waals surface area contributed by atoms with E-state index in [0.29, 0.717) is 25.3 Å². The van der Waals surface area contributed by atoms with Crippen molar-refractivity contribution in [1.82, 2.24) is 15.0 Å². The molecule has 21 heavy (non-hydrogen) atoms. The Hall–Kier alpha value is -2.29. The van der Waals surface area contributed by atoms with E-state index in [-0.39, 0.29) is 5.82 Å². The Kier molecular flexibility index (Phi) is 3.42. The van der Waals surface area contributed by atoms with Gasteiger partial charge in [-0.1, -0.05) is 0 Å². The van der Waals surface area contributed by atoms with E-state index in [1.807, 2.05) is 5.51 Å². The first kappa shape index (κ1) is 13.7. The predicted molar refractivity (Wildman–Crippen MR) is 78.0 cm³/mol. The fraction of sp³-hybridized carbons (Fsp3) is 0.417. The summed E-state index contributed by atoms with van der Waals surface area (Å²) in [6, 6.07) is 0. The summed E-state index contributed by atoms with van der Waals surface area (Å²) in [5.41, 5.74) is 1.66. The summed E-state index contributed by atoms with van der Waals surface area (Å²) in [4.78, 5) is 36.2. The molecule has 0 amide bonds. The summed E-state index contributed by atoms with van der Waals surface area (Å²) in [5, 5.41) is 11.2. The van der Waals surface area contributed by atoms with Crippen LogP contribution in [-0.4, -0.2) is 33.0 Å². The van der Waals surface area contributed by atoms with Gasteiger partial charge in [0.1, 0.15) is 5.82 Å². The Balaban J connectivity index is 1.99. The molecule has 0 fully saturated rings. The summed E-state index contributed by atoms with van der Waals surface area (Å²) < 4.78 is 0.